The normalized spacial score (nSPS) is 15.5. The monoisotopic (exact) mass is 432 g/mol. The van der Waals surface area contributed by atoms with Crippen molar-refractivity contribution in [1.29, 1.82) is 0 Å². The molecule has 1 atom stereocenters. The standard InChI is InChI=1S/C24H18ClFN4O/c1-14-21(23(31)28-18-11-9-16(25)10-12-18)22(15-5-4-6-17(26)13-15)30-20-8-3-2-7-19(20)29-24(30)27-14/h2-13,22H,1H3,(H,27,29)(H,28,31). The predicted molar refractivity (Wildman–Crippen MR) is 121 cm³/mol. The Bertz CT molecular complexity index is 1340. The topological polar surface area (TPSA) is 59.0 Å². The van der Waals surface area contributed by atoms with Gasteiger partial charge in [-0.15, -0.1) is 0 Å². The number of benzene rings is 3. The van der Waals surface area contributed by atoms with Crippen LogP contribution in [0.5, 0.6) is 0 Å². The summed E-state index contributed by atoms with van der Waals surface area (Å²) in [5.41, 5.74) is 4.06. The first kappa shape index (κ1) is 19.3. The number of allylic oxidation sites excluding steroid dienone is 1. The van der Waals surface area contributed by atoms with Gasteiger partial charge in [0.05, 0.1) is 22.6 Å². The number of amides is 1. The van der Waals surface area contributed by atoms with Gasteiger partial charge < -0.3 is 10.6 Å². The summed E-state index contributed by atoms with van der Waals surface area (Å²) in [7, 11) is 0. The van der Waals surface area contributed by atoms with Crippen molar-refractivity contribution < 1.29 is 9.18 Å². The third kappa shape index (κ3) is 3.45. The van der Waals surface area contributed by atoms with Gasteiger partial charge in [0, 0.05) is 16.4 Å². The number of para-hydroxylation sites is 2. The number of hydrogen-bond donors (Lipinski definition) is 2. The van der Waals surface area contributed by atoms with Crippen molar-refractivity contribution in [3.63, 3.8) is 0 Å². The number of hydrogen-bond acceptors (Lipinski definition) is 3. The molecule has 0 radical (unpaired) electrons. The Labute approximate surface area is 183 Å². The van der Waals surface area contributed by atoms with Crippen LogP contribution in [0.25, 0.3) is 11.0 Å². The summed E-state index contributed by atoms with van der Waals surface area (Å²) in [6.45, 7) is 1.83. The van der Waals surface area contributed by atoms with Gasteiger partial charge in [-0.25, -0.2) is 9.37 Å². The van der Waals surface area contributed by atoms with E-state index in [1.165, 1.54) is 12.1 Å². The van der Waals surface area contributed by atoms with Crippen molar-refractivity contribution in [2.75, 3.05) is 10.6 Å². The lowest BCUT2D eigenvalue weighted by Crippen LogP contribution is -2.31. The maximum atomic E-state index is 14.2. The molecule has 1 aromatic heterocycles. The Morgan fingerprint density at radius 2 is 1.87 bits per heavy atom. The summed E-state index contributed by atoms with van der Waals surface area (Å²) in [6.07, 6.45) is 0. The van der Waals surface area contributed by atoms with Crippen molar-refractivity contribution >= 4 is 40.2 Å². The average molecular weight is 433 g/mol. The quantitative estimate of drug-likeness (QED) is 0.433. The zero-order valence-electron chi connectivity index (χ0n) is 16.6. The van der Waals surface area contributed by atoms with Crippen molar-refractivity contribution in [1.82, 2.24) is 9.55 Å². The van der Waals surface area contributed by atoms with E-state index in [1.54, 1.807) is 30.3 Å². The van der Waals surface area contributed by atoms with Crippen LogP contribution in [0, 0.1) is 5.82 Å². The summed E-state index contributed by atoms with van der Waals surface area (Å²) in [6, 6.07) is 20.3. The molecule has 5 nitrogen and oxygen atoms in total. The minimum absolute atomic E-state index is 0.287. The highest BCUT2D eigenvalue weighted by atomic mass is 35.5. The molecule has 7 heteroatoms. The number of carbonyl (C=O) groups is 1. The van der Waals surface area contributed by atoms with E-state index in [0.717, 1.165) is 11.0 Å². The van der Waals surface area contributed by atoms with E-state index in [9.17, 15) is 9.18 Å². The molecule has 4 aromatic rings. The van der Waals surface area contributed by atoms with Crippen molar-refractivity contribution in [2.45, 2.75) is 13.0 Å². The number of rotatable bonds is 3. The minimum atomic E-state index is -0.549. The molecule has 1 aliphatic rings. The third-order valence-electron chi connectivity index (χ3n) is 5.34. The van der Waals surface area contributed by atoms with Crippen LogP contribution < -0.4 is 10.6 Å². The first-order valence-electron chi connectivity index (χ1n) is 9.78. The maximum absolute atomic E-state index is 14.2. The van der Waals surface area contributed by atoms with Gasteiger partial charge >= 0.3 is 0 Å². The Kier molecular flexibility index (Phi) is 4.71. The maximum Gasteiger partial charge on any atom is 0.255 e. The highest BCUT2D eigenvalue weighted by molar-refractivity contribution is 6.30. The Morgan fingerprint density at radius 3 is 2.65 bits per heavy atom. The average Bonchev–Trinajstić information content (AvgIpc) is 3.12. The summed E-state index contributed by atoms with van der Waals surface area (Å²) in [4.78, 5) is 18.1. The van der Waals surface area contributed by atoms with E-state index < -0.39 is 6.04 Å². The van der Waals surface area contributed by atoms with Crippen LogP contribution in [0.4, 0.5) is 16.0 Å². The van der Waals surface area contributed by atoms with Gasteiger partial charge in [0.15, 0.2) is 0 Å². The van der Waals surface area contributed by atoms with Gasteiger partial charge in [0.25, 0.3) is 5.91 Å². The van der Waals surface area contributed by atoms with E-state index in [2.05, 4.69) is 15.6 Å². The molecule has 1 aliphatic heterocycles. The smallest absolute Gasteiger partial charge is 0.255 e. The molecule has 3 aromatic carbocycles. The van der Waals surface area contributed by atoms with Crippen molar-refractivity contribution in [3.8, 4) is 0 Å². The fourth-order valence-electron chi connectivity index (χ4n) is 3.98. The Balaban J connectivity index is 1.66. The van der Waals surface area contributed by atoms with Crippen LogP contribution >= 0.6 is 11.6 Å². The SMILES string of the molecule is CC1=C(C(=O)Nc2ccc(Cl)cc2)C(c2cccc(F)c2)n2c(nc3ccccc32)N1. The van der Waals surface area contributed by atoms with Gasteiger partial charge in [-0.3, -0.25) is 9.36 Å². The third-order valence-corrected chi connectivity index (χ3v) is 5.59. The van der Waals surface area contributed by atoms with Gasteiger partial charge in [-0.2, -0.15) is 0 Å². The zero-order valence-corrected chi connectivity index (χ0v) is 17.3. The highest BCUT2D eigenvalue weighted by Crippen LogP contribution is 2.39. The number of anilines is 2. The molecule has 0 bridgehead atoms. The van der Waals surface area contributed by atoms with Gasteiger partial charge in [0.2, 0.25) is 5.95 Å². The molecule has 0 spiro atoms. The summed E-state index contributed by atoms with van der Waals surface area (Å²) in [5, 5.41) is 6.76. The number of halogens is 2. The van der Waals surface area contributed by atoms with E-state index in [0.29, 0.717) is 33.5 Å². The zero-order chi connectivity index (χ0) is 21.5. The highest BCUT2D eigenvalue weighted by Gasteiger charge is 2.34. The lowest BCUT2D eigenvalue weighted by atomic mass is 9.94. The second-order valence-electron chi connectivity index (χ2n) is 7.38. The summed E-state index contributed by atoms with van der Waals surface area (Å²) in [5.74, 6) is -0.0434. The molecule has 0 saturated carbocycles. The molecule has 0 aliphatic carbocycles. The van der Waals surface area contributed by atoms with Gasteiger partial charge in [-0.1, -0.05) is 35.9 Å². The molecular weight excluding hydrogens is 415 g/mol. The summed E-state index contributed by atoms with van der Waals surface area (Å²) < 4.78 is 16.1. The second-order valence-corrected chi connectivity index (χ2v) is 7.81. The lowest BCUT2D eigenvalue weighted by molar-refractivity contribution is -0.113. The molecular formula is C24H18ClFN4O. The number of carbonyl (C=O) groups excluding carboxylic acids is 1. The molecule has 0 fully saturated rings. The number of aromatic nitrogens is 2. The molecule has 154 valence electrons. The Morgan fingerprint density at radius 1 is 1.10 bits per heavy atom. The fourth-order valence-corrected chi connectivity index (χ4v) is 4.11. The molecule has 1 unspecified atom stereocenters. The second kappa shape index (κ2) is 7.56. The van der Waals surface area contributed by atoms with E-state index >= 15 is 0 Å². The predicted octanol–water partition coefficient (Wildman–Crippen LogP) is 5.76. The first-order valence-corrected chi connectivity index (χ1v) is 10.2. The summed E-state index contributed by atoms with van der Waals surface area (Å²) >= 11 is 5.96. The molecule has 5 rings (SSSR count). The van der Waals surface area contributed by atoms with E-state index in [4.69, 9.17) is 11.6 Å². The van der Waals surface area contributed by atoms with Crippen LogP contribution in [0.2, 0.25) is 5.02 Å². The molecule has 2 N–H and O–H groups in total. The fraction of sp³-hybridized carbons (Fsp3) is 0.0833. The number of nitrogens with zero attached hydrogens (tertiary/aromatic N) is 2. The van der Waals surface area contributed by atoms with Crippen LogP contribution in [0.3, 0.4) is 0 Å². The number of fused-ring (bicyclic) bond motifs is 3. The van der Waals surface area contributed by atoms with Crippen LogP contribution in [-0.2, 0) is 4.79 Å². The van der Waals surface area contributed by atoms with Crippen molar-refractivity contribution in [2.24, 2.45) is 0 Å². The van der Waals surface area contributed by atoms with Crippen LogP contribution in [-0.4, -0.2) is 15.5 Å². The van der Waals surface area contributed by atoms with E-state index in [-0.39, 0.29) is 11.7 Å². The van der Waals surface area contributed by atoms with Gasteiger partial charge in [-0.05, 0) is 61.0 Å². The largest absolute Gasteiger partial charge is 0.329 e. The van der Waals surface area contributed by atoms with Crippen molar-refractivity contribution in [3.05, 3.63) is 100 Å². The van der Waals surface area contributed by atoms with Gasteiger partial charge in [0.1, 0.15) is 5.82 Å². The molecule has 1 amide bonds. The lowest BCUT2D eigenvalue weighted by Gasteiger charge is -2.30. The Hall–Kier alpha value is -3.64. The van der Waals surface area contributed by atoms with Crippen LogP contribution in [0.1, 0.15) is 18.5 Å². The number of nitrogens with one attached hydrogen (secondary N) is 2. The first-order chi connectivity index (χ1) is 15.0. The number of imidazole rings is 1. The van der Waals surface area contributed by atoms with Crippen LogP contribution in [0.15, 0.2) is 84.1 Å². The molecule has 2 heterocycles. The molecule has 0 saturated heterocycles. The molecule has 31 heavy (non-hydrogen) atoms. The minimum Gasteiger partial charge on any atom is -0.329 e. The van der Waals surface area contributed by atoms with E-state index in [1.807, 2.05) is 41.8 Å².